The summed E-state index contributed by atoms with van der Waals surface area (Å²) in [5.74, 6) is -0.868. The number of aryl methyl sites for hydroxylation is 1. The maximum absolute atomic E-state index is 12.7. The van der Waals surface area contributed by atoms with Gasteiger partial charge in [0.05, 0.1) is 22.4 Å². The van der Waals surface area contributed by atoms with Gasteiger partial charge in [0, 0.05) is 0 Å². The fourth-order valence-corrected chi connectivity index (χ4v) is 3.23. The van der Waals surface area contributed by atoms with Gasteiger partial charge in [-0.25, -0.2) is 9.69 Å². The number of carboxylic acid groups (broad SMARTS) is 1. The van der Waals surface area contributed by atoms with E-state index in [1.54, 1.807) is 24.3 Å². The highest BCUT2D eigenvalue weighted by atomic mass is 16.5. The van der Waals surface area contributed by atoms with Crippen LogP contribution in [-0.2, 0) is 0 Å². The Morgan fingerprint density at radius 1 is 0.897 bits per heavy atom. The molecular formula is C23H17NO5. The first-order valence-corrected chi connectivity index (χ1v) is 8.97. The smallest absolute Gasteiger partial charge is 0.335 e. The van der Waals surface area contributed by atoms with Crippen molar-refractivity contribution in [2.45, 2.75) is 13.8 Å². The van der Waals surface area contributed by atoms with Gasteiger partial charge in [-0.3, -0.25) is 9.59 Å². The molecule has 0 aliphatic carbocycles. The van der Waals surface area contributed by atoms with Crippen LogP contribution in [0.2, 0.25) is 0 Å². The predicted octanol–water partition coefficient (Wildman–Crippen LogP) is 4.59. The summed E-state index contributed by atoms with van der Waals surface area (Å²) in [7, 11) is 0. The second-order valence-electron chi connectivity index (χ2n) is 6.81. The molecule has 4 rings (SSSR count). The van der Waals surface area contributed by atoms with Gasteiger partial charge in [-0.2, -0.15) is 0 Å². The van der Waals surface area contributed by atoms with Crippen molar-refractivity contribution in [1.29, 1.82) is 0 Å². The van der Waals surface area contributed by atoms with Gasteiger partial charge in [0.25, 0.3) is 11.8 Å². The van der Waals surface area contributed by atoms with Crippen LogP contribution in [0.15, 0.2) is 60.7 Å². The van der Waals surface area contributed by atoms with Crippen LogP contribution in [0.1, 0.15) is 42.2 Å². The molecule has 144 valence electrons. The highest BCUT2D eigenvalue weighted by Crippen LogP contribution is 2.32. The van der Waals surface area contributed by atoms with E-state index in [9.17, 15) is 14.4 Å². The number of aromatic carboxylic acids is 1. The third kappa shape index (κ3) is 3.14. The Hall–Kier alpha value is -3.93. The molecular weight excluding hydrogens is 370 g/mol. The molecule has 0 radical (unpaired) electrons. The zero-order valence-electron chi connectivity index (χ0n) is 15.8. The minimum atomic E-state index is -1.15. The van der Waals surface area contributed by atoms with E-state index in [-0.39, 0.29) is 16.7 Å². The van der Waals surface area contributed by atoms with Gasteiger partial charge in [-0.15, -0.1) is 0 Å². The van der Waals surface area contributed by atoms with Crippen LogP contribution < -0.4 is 9.64 Å². The Morgan fingerprint density at radius 3 is 2.28 bits per heavy atom. The molecule has 3 aromatic rings. The van der Waals surface area contributed by atoms with E-state index in [0.29, 0.717) is 11.4 Å². The molecule has 2 amide bonds. The number of carbonyl (C=O) groups is 3. The van der Waals surface area contributed by atoms with Crippen LogP contribution in [0.3, 0.4) is 0 Å². The van der Waals surface area contributed by atoms with E-state index in [1.165, 1.54) is 18.2 Å². The van der Waals surface area contributed by atoms with E-state index in [4.69, 9.17) is 9.84 Å². The molecule has 0 fully saturated rings. The number of nitrogens with zero attached hydrogens (tertiary/aromatic N) is 1. The third-order valence-corrected chi connectivity index (χ3v) is 5.01. The Kier molecular flexibility index (Phi) is 4.39. The molecule has 1 N–H and O–H groups in total. The molecule has 29 heavy (non-hydrogen) atoms. The number of amides is 2. The van der Waals surface area contributed by atoms with Crippen LogP contribution in [0.4, 0.5) is 5.69 Å². The number of hydrogen-bond donors (Lipinski definition) is 1. The van der Waals surface area contributed by atoms with Crippen molar-refractivity contribution in [3.63, 3.8) is 0 Å². The summed E-state index contributed by atoms with van der Waals surface area (Å²) in [5.41, 5.74) is 2.78. The minimum absolute atomic E-state index is 0.0379. The van der Waals surface area contributed by atoms with Crippen molar-refractivity contribution in [1.82, 2.24) is 0 Å². The molecule has 0 unspecified atom stereocenters. The molecule has 1 aliphatic heterocycles. The molecule has 0 spiro atoms. The molecule has 0 aromatic heterocycles. The second kappa shape index (κ2) is 6.91. The second-order valence-corrected chi connectivity index (χ2v) is 6.81. The van der Waals surface area contributed by atoms with Gasteiger partial charge in [-0.05, 0) is 73.5 Å². The average molecular weight is 387 g/mol. The number of ether oxygens (including phenoxy) is 1. The summed E-state index contributed by atoms with van der Waals surface area (Å²) in [6.45, 7) is 3.98. The molecule has 3 aromatic carbocycles. The molecule has 1 heterocycles. The molecule has 6 heteroatoms. The predicted molar refractivity (Wildman–Crippen MR) is 107 cm³/mol. The number of carbonyl (C=O) groups excluding carboxylic acids is 2. The van der Waals surface area contributed by atoms with E-state index < -0.39 is 17.8 Å². The van der Waals surface area contributed by atoms with Crippen molar-refractivity contribution in [2.75, 3.05) is 4.90 Å². The number of imide groups is 1. The van der Waals surface area contributed by atoms with Gasteiger partial charge < -0.3 is 9.84 Å². The normalized spacial score (nSPS) is 12.8. The lowest BCUT2D eigenvalue weighted by Crippen LogP contribution is -2.29. The number of hydrogen-bond acceptors (Lipinski definition) is 4. The SMILES string of the molecule is Cc1cccc(Oc2ccc(N3C(=O)c4ccc(C(=O)O)cc4C3=O)cc2)c1C. The van der Waals surface area contributed by atoms with Crippen LogP contribution >= 0.6 is 0 Å². The maximum atomic E-state index is 12.7. The van der Waals surface area contributed by atoms with Crippen molar-refractivity contribution in [2.24, 2.45) is 0 Å². The van der Waals surface area contributed by atoms with E-state index in [1.807, 2.05) is 32.0 Å². The van der Waals surface area contributed by atoms with Crippen LogP contribution in [0.25, 0.3) is 0 Å². The fraction of sp³-hybridized carbons (Fsp3) is 0.0870. The average Bonchev–Trinajstić information content (AvgIpc) is 2.96. The Morgan fingerprint density at radius 2 is 1.59 bits per heavy atom. The highest BCUT2D eigenvalue weighted by molar-refractivity contribution is 6.34. The molecule has 1 aliphatic rings. The quantitative estimate of drug-likeness (QED) is 0.662. The highest BCUT2D eigenvalue weighted by Gasteiger charge is 2.37. The summed E-state index contributed by atoms with van der Waals surface area (Å²) >= 11 is 0. The molecule has 6 nitrogen and oxygen atoms in total. The number of fused-ring (bicyclic) bond motifs is 1. The number of benzene rings is 3. The van der Waals surface area contributed by atoms with Gasteiger partial charge in [0.1, 0.15) is 11.5 Å². The zero-order chi connectivity index (χ0) is 20.7. The van der Waals surface area contributed by atoms with Crippen molar-refractivity contribution >= 4 is 23.5 Å². The summed E-state index contributed by atoms with van der Waals surface area (Å²) in [6, 6.07) is 16.3. The van der Waals surface area contributed by atoms with Crippen molar-refractivity contribution < 1.29 is 24.2 Å². The fourth-order valence-electron chi connectivity index (χ4n) is 3.23. The largest absolute Gasteiger partial charge is 0.478 e. The molecule has 0 bridgehead atoms. The van der Waals surface area contributed by atoms with Gasteiger partial charge in [-0.1, -0.05) is 12.1 Å². The van der Waals surface area contributed by atoms with Gasteiger partial charge in [0.15, 0.2) is 0 Å². The first kappa shape index (κ1) is 18.4. The molecule has 0 saturated carbocycles. The maximum Gasteiger partial charge on any atom is 0.335 e. The first-order valence-electron chi connectivity index (χ1n) is 8.97. The van der Waals surface area contributed by atoms with E-state index in [2.05, 4.69) is 0 Å². The standard InChI is InChI=1S/C23H17NO5/c1-13-4-3-5-20(14(13)2)29-17-9-7-16(8-10-17)24-21(25)18-11-6-15(23(27)28)12-19(18)22(24)26/h3-12H,1-2H3,(H,27,28). The number of carboxylic acids is 1. The lowest BCUT2D eigenvalue weighted by Gasteiger charge is -2.15. The van der Waals surface area contributed by atoms with Crippen molar-refractivity contribution in [3.8, 4) is 11.5 Å². The topological polar surface area (TPSA) is 83.9 Å². The first-order chi connectivity index (χ1) is 13.9. The lowest BCUT2D eigenvalue weighted by molar-refractivity contribution is 0.0696. The third-order valence-electron chi connectivity index (χ3n) is 5.01. The van der Waals surface area contributed by atoms with Gasteiger partial charge >= 0.3 is 5.97 Å². The lowest BCUT2D eigenvalue weighted by atomic mass is 10.1. The number of anilines is 1. The Balaban J connectivity index is 1.61. The van der Waals surface area contributed by atoms with E-state index in [0.717, 1.165) is 21.8 Å². The summed E-state index contributed by atoms with van der Waals surface area (Å²) < 4.78 is 5.91. The Bertz CT molecular complexity index is 1160. The van der Waals surface area contributed by atoms with E-state index >= 15 is 0 Å². The number of rotatable bonds is 4. The minimum Gasteiger partial charge on any atom is -0.478 e. The summed E-state index contributed by atoms with van der Waals surface area (Å²) in [5, 5.41) is 9.12. The molecule has 0 saturated heterocycles. The van der Waals surface area contributed by atoms with Crippen molar-refractivity contribution in [3.05, 3.63) is 88.5 Å². The zero-order valence-corrected chi connectivity index (χ0v) is 15.8. The van der Waals surface area contributed by atoms with Crippen LogP contribution in [-0.4, -0.2) is 22.9 Å². The monoisotopic (exact) mass is 387 g/mol. The van der Waals surface area contributed by atoms with Crippen LogP contribution in [0, 0.1) is 13.8 Å². The van der Waals surface area contributed by atoms with Gasteiger partial charge in [0.2, 0.25) is 0 Å². The van der Waals surface area contributed by atoms with Crippen LogP contribution in [0.5, 0.6) is 11.5 Å². The molecule has 0 atom stereocenters. The Labute approximate surface area is 167 Å². The summed E-state index contributed by atoms with van der Waals surface area (Å²) in [6.07, 6.45) is 0. The summed E-state index contributed by atoms with van der Waals surface area (Å²) in [4.78, 5) is 37.6.